The van der Waals surface area contributed by atoms with Gasteiger partial charge in [0.05, 0.1) is 46.9 Å². The second kappa shape index (κ2) is 10.0. The third kappa shape index (κ3) is 5.13. The molecule has 0 fully saturated rings. The fourth-order valence-electron chi connectivity index (χ4n) is 3.83. The molecule has 1 atom stereocenters. The Labute approximate surface area is 217 Å². The molecular weight excluding hydrogens is 563 g/mol. The van der Waals surface area contributed by atoms with Gasteiger partial charge in [-0.1, -0.05) is 17.7 Å². The highest BCUT2D eigenvalue weighted by molar-refractivity contribution is 7.92. The van der Waals surface area contributed by atoms with E-state index in [2.05, 4.69) is 10.4 Å². The summed E-state index contributed by atoms with van der Waals surface area (Å²) in [5.41, 5.74) is -2.61. The number of hydrogen-bond donors (Lipinski definition) is 2. The minimum atomic E-state index is -4.88. The first-order valence-electron chi connectivity index (χ1n) is 10.7. The van der Waals surface area contributed by atoms with E-state index in [0.717, 1.165) is 22.5 Å². The molecule has 2 aromatic carbocycles. The summed E-state index contributed by atoms with van der Waals surface area (Å²) >= 11 is 5.88. The largest absolute Gasteiger partial charge is 0.484 e. The topological polar surface area (TPSA) is 114 Å². The van der Waals surface area contributed by atoms with E-state index in [9.17, 15) is 40.3 Å². The van der Waals surface area contributed by atoms with Crippen LogP contribution in [0.25, 0.3) is 0 Å². The molecular formula is C22H18ClF5N4O5S. The average Bonchev–Trinajstić information content (AvgIpc) is 3.25. The van der Waals surface area contributed by atoms with Crippen molar-refractivity contribution in [1.29, 1.82) is 0 Å². The van der Waals surface area contributed by atoms with E-state index in [1.165, 1.54) is 19.1 Å². The van der Waals surface area contributed by atoms with Crippen LogP contribution in [0.5, 0.6) is 5.75 Å². The molecule has 2 N–H and O–H groups in total. The van der Waals surface area contributed by atoms with Crippen molar-refractivity contribution < 1.29 is 45.0 Å². The second-order valence-electron chi connectivity index (χ2n) is 8.09. The molecule has 0 spiro atoms. The number of fused-ring (bicyclic) bond motifs is 1. The zero-order chi connectivity index (χ0) is 28.0. The van der Waals surface area contributed by atoms with Gasteiger partial charge in [-0.15, -0.1) is 0 Å². The number of aromatic nitrogens is 2. The number of aliphatic hydroxyl groups excluding tert-OH is 1. The molecule has 0 aliphatic carbocycles. The molecule has 0 saturated heterocycles. The summed E-state index contributed by atoms with van der Waals surface area (Å²) in [6.07, 6.45) is -5.26. The van der Waals surface area contributed by atoms with Crippen LogP contribution in [0.3, 0.4) is 0 Å². The number of anilines is 2. The Morgan fingerprint density at radius 3 is 2.61 bits per heavy atom. The van der Waals surface area contributed by atoms with E-state index in [1.807, 2.05) is 0 Å². The summed E-state index contributed by atoms with van der Waals surface area (Å²) in [5, 5.41) is 14.9. The highest BCUT2D eigenvalue weighted by Gasteiger charge is 2.38. The van der Waals surface area contributed by atoms with E-state index in [4.69, 9.17) is 16.3 Å². The Morgan fingerprint density at radius 2 is 2.00 bits per heavy atom. The minimum Gasteiger partial charge on any atom is -0.484 e. The summed E-state index contributed by atoms with van der Waals surface area (Å²) < 4.78 is 100. The molecule has 1 aliphatic heterocycles. The number of alkyl halides is 5. The quantitative estimate of drug-likeness (QED) is 0.416. The lowest BCUT2D eigenvalue weighted by Gasteiger charge is -2.35. The Balaban J connectivity index is 1.75. The van der Waals surface area contributed by atoms with Gasteiger partial charge in [-0.3, -0.25) is 9.10 Å². The lowest BCUT2D eigenvalue weighted by molar-refractivity contribution is -0.137. The number of carbonyl (C=O) groups is 1. The molecule has 38 heavy (non-hydrogen) atoms. The number of nitrogens with zero attached hydrogens (tertiary/aromatic N) is 3. The number of carbonyl (C=O) groups excluding carboxylic acids is 1. The number of halogens is 6. The molecule has 4 rings (SSSR count). The van der Waals surface area contributed by atoms with Crippen molar-refractivity contribution in [2.24, 2.45) is 0 Å². The number of amides is 1. The van der Waals surface area contributed by atoms with Gasteiger partial charge in [0.1, 0.15) is 16.7 Å². The molecule has 0 radical (unpaired) electrons. The standard InChI is InChI=1S/C22H18ClF5N4O5S/c1-11-18(9-31(30-11)21(24)25)38(35,36)32-8-13(10-33)37-17-6-5-12(7-16(17)32)29-20(34)19-14(22(26,27)28)3-2-4-15(19)23/h2-7,9,13,21,33H,8,10H2,1H3,(H,29,34)/t13-/m1/s1. The van der Waals surface area contributed by atoms with Crippen LogP contribution in [-0.4, -0.2) is 48.5 Å². The Hall–Kier alpha value is -3.43. The number of ether oxygens (including phenoxy) is 1. The number of aliphatic hydroxyl groups is 1. The average molecular weight is 581 g/mol. The molecule has 1 amide bonds. The minimum absolute atomic E-state index is 0.0514. The van der Waals surface area contributed by atoms with Crippen molar-refractivity contribution in [3.05, 3.63) is 64.4 Å². The first-order chi connectivity index (χ1) is 17.7. The SMILES string of the molecule is Cc1nn(C(F)F)cc1S(=O)(=O)N1C[C@H](CO)Oc2ccc(NC(=O)c3c(Cl)cccc3C(F)(F)F)cc21. The number of hydrogen-bond acceptors (Lipinski definition) is 6. The molecule has 9 nitrogen and oxygen atoms in total. The summed E-state index contributed by atoms with van der Waals surface area (Å²) in [6.45, 7) is -2.92. The van der Waals surface area contributed by atoms with Crippen LogP contribution in [0.1, 0.15) is 28.2 Å². The van der Waals surface area contributed by atoms with Gasteiger partial charge >= 0.3 is 12.7 Å². The van der Waals surface area contributed by atoms with E-state index in [0.29, 0.717) is 12.3 Å². The Kier molecular flexibility index (Phi) is 7.29. The van der Waals surface area contributed by atoms with Crippen LogP contribution < -0.4 is 14.4 Å². The first kappa shape index (κ1) is 27.6. The highest BCUT2D eigenvalue weighted by Crippen LogP contribution is 2.40. The zero-order valence-corrected chi connectivity index (χ0v) is 20.8. The molecule has 204 valence electrons. The monoisotopic (exact) mass is 580 g/mol. The summed E-state index contributed by atoms with van der Waals surface area (Å²) in [7, 11) is -4.55. The molecule has 3 aromatic rings. The maximum Gasteiger partial charge on any atom is 0.417 e. The van der Waals surface area contributed by atoms with Gasteiger partial charge in [-0.05, 0) is 37.3 Å². The smallest absolute Gasteiger partial charge is 0.417 e. The molecule has 2 heterocycles. The van der Waals surface area contributed by atoms with E-state index >= 15 is 0 Å². The van der Waals surface area contributed by atoms with Crippen LogP contribution in [0.2, 0.25) is 5.02 Å². The van der Waals surface area contributed by atoms with Crippen LogP contribution in [0, 0.1) is 6.92 Å². The summed E-state index contributed by atoms with van der Waals surface area (Å²) in [6, 6.07) is 6.43. The van der Waals surface area contributed by atoms with E-state index in [-0.39, 0.29) is 27.5 Å². The summed E-state index contributed by atoms with van der Waals surface area (Å²) in [5.74, 6) is -1.26. The fourth-order valence-corrected chi connectivity index (χ4v) is 5.75. The predicted molar refractivity (Wildman–Crippen MR) is 125 cm³/mol. The van der Waals surface area contributed by atoms with Gasteiger partial charge in [0.25, 0.3) is 15.9 Å². The zero-order valence-electron chi connectivity index (χ0n) is 19.2. The molecule has 0 unspecified atom stereocenters. The maximum absolute atomic E-state index is 13.5. The number of nitrogens with one attached hydrogen (secondary N) is 1. The van der Waals surface area contributed by atoms with Gasteiger partial charge in [-0.2, -0.15) is 27.1 Å². The predicted octanol–water partition coefficient (Wildman–Crippen LogP) is 4.46. The molecule has 0 saturated carbocycles. The van der Waals surface area contributed by atoms with Crippen LogP contribution in [0.4, 0.5) is 33.3 Å². The molecule has 1 aromatic heterocycles. The maximum atomic E-state index is 13.5. The fraction of sp³-hybridized carbons (Fsp3) is 0.273. The Bertz CT molecular complexity index is 1500. The van der Waals surface area contributed by atoms with Gasteiger partial charge in [0.15, 0.2) is 0 Å². The van der Waals surface area contributed by atoms with Crippen LogP contribution in [0.15, 0.2) is 47.5 Å². The van der Waals surface area contributed by atoms with Gasteiger partial charge in [0, 0.05) is 5.69 Å². The molecule has 0 bridgehead atoms. The van der Waals surface area contributed by atoms with Crippen LogP contribution >= 0.6 is 11.6 Å². The first-order valence-corrected chi connectivity index (χ1v) is 12.5. The van der Waals surface area contributed by atoms with Crippen molar-refractivity contribution in [3.8, 4) is 5.75 Å². The normalized spacial score (nSPS) is 15.8. The Morgan fingerprint density at radius 1 is 1.29 bits per heavy atom. The highest BCUT2D eigenvalue weighted by atomic mass is 35.5. The lowest BCUT2D eigenvalue weighted by Crippen LogP contribution is -2.45. The van der Waals surface area contributed by atoms with Gasteiger partial charge in [-0.25, -0.2) is 13.1 Å². The number of sulfonamides is 1. The second-order valence-corrected chi connectivity index (χ2v) is 10.3. The van der Waals surface area contributed by atoms with Crippen molar-refractivity contribution in [3.63, 3.8) is 0 Å². The van der Waals surface area contributed by atoms with Gasteiger partial charge < -0.3 is 15.2 Å². The number of aryl methyl sites for hydroxylation is 1. The number of rotatable bonds is 6. The van der Waals surface area contributed by atoms with E-state index < -0.39 is 69.0 Å². The van der Waals surface area contributed by atoms with Crippen molar-refractivity contribution in [2.45, 2.75) is 30.6 Å². The van der Waals surface area contributed by atoms with Crippen molar-refractivity contribution in [1.82, 2.24) is 9.78 Å². The molecule has 1 aliphatic rings. The third-order valence-electron chi connectivity index (χ3n) is 5.54. The number of benzene rings is 2. The van der Waals surface area contributed by atoms with Crippen molar-refractivity contribution in [2.75, 3.05) is 22.8 Å². The summed E-state index contributed by atoms with van der Waals surface area (Å²) in [4.78, 5) is 12.3. The third-order valence-corrected chi connectivity index (χ3v) is 7.74. The van der Waals surface area contributed by atoms with Crippen molar-refractivity contribution >= 4 is 38.9 Å². The lowest BCUT2D eigenvalue weighted by atomic mass is 10.1. The van der Waals surface area contributed by atoms with Crippen LogP contribution in [-0.2, 0) is 16.2 Å². The van der Waals surface area contributed by atoms with Gasteiger partial charge in [0.2, 0.25) is 0 Å². The van der Waals surface area contributed by atoms with E-state index in [1.54, 1.807) is 0 Å². The molecule has 16 heteroatoms.